The van der Waals surface area contributed by atoms with Gasteiger partial charge in [0.15, 0.2) is 0 Å². The summed E-state index contributed by atoms with van der Waals surface area (Å²) in [5.74, 6) is -0.595. The Morgan fingerprint density at radius 1 is 1.21 bits per heavy atom. The zero-order valence-electron chi connectivity index (χ0n) is 15.7. The number of hydrogen-bond acceptors (Lipinski definition) is 4. The predicted octanol–water partition coefficient (Wildman–Crippen LogP) is 5.49. The van der Waals surface area contributed by atoms with Crippen LogP contribution in [0.5, 0.6) is 0 Å². The first kappa shape index (κ1) is 21.3. The van der Waals surface area contributed by atoms with E-state index in [1.165, 1.54) is 22.3 Å². The van der Waals surface area contributed by atoms with Crippen molar-refractivity contribution < 1.29 is 9.59 Å². The summed E-state index contributed by atoms with van der Waals surface area (Å²) >= 11 is 13.5. The highest BCUT2D eigenvalue weighted by atomic mass is 35.5. The zero-order valence-corrected chi connectivity index (χ0v) is 18.0. The maximum atomic E-state index is 12.6. The van der Waals surface area contributed by atoms with Crippen molar-refractivity contribution in [3.63, 3.8) is 0 Å². The monoisotopic (exact) mass is 447 g/mol. The van der Waals surface area contributed by atoms with Crippen LogP contribution in [0, 0.1) is 0 Å². The van der Waals surface area contributed by atoms with Crippen molar-refractivity contribution in [3.05, 3.63) is 63.6 Å². The van der Waals surface area contributed by atoms with Crippen LogP contribution < -0.4 is 5.32 Å². The third-order valence-electron chi connectivity index (χ3n) is 4.02. The number of carbonyl (C=O) groups is 2. The van der Waals surface area contributed by atoms with Gasteiger partial charge in [-0.1, -0.05) is 42.3 Å². The molecule has 0 bridgehead atoms. The Bertz CT molecular complexity index is 1030. The van der Waals surface area contributed by atoms with Crippen LogP contribution in [0.3, 0.4) is 0 Å². The first-order chi connectivity index (χ1) is 14.0. The van der Waals surface area contributed by atoms with Crippen LogP contribution in [0.2, 0.25) is 10.0 Å². The van der Waals surface area contributed by atoms with E-state index in [9.17, 15) is 9.59 Å². The molecule has 0 radical (unpaired) electrons. The fourth-order valence-corrected chi connectivity index (χ4v) is 3.91. The van der Waals surface area contributed by atoms with Gasteiger partial charge in [-0.15, -0.1) is 11.3 Å². The highest BCUT2D eigenvalue weighted by molar-refractivity contribution is 7.19. The summed E-state index contributed by atoms with van der Waals surface area (Å²) in [7, 11) is 0. The lowest BCUT2D eigenvalue weighted by molar-refractivity contribution is -0.130. The molecule has 0 unspecified atom stereocenters. The Balaban J connectivity index is 1.66. The first-order valence-corrected chi connectivity index (χ1v) is 10.6. The minimum atomic E-state index is -0.343. The average Bonchev–Trinajstić information content (AvgIpc) is 3.11. The van der Waals surface area contributed by atoms with Crippen molar-refractivity contribution in [3.8, 4) is 0 Å². The predicted molar refractivity (Wildman–Crippen MR) is 121 cm³/mol. The number of aromatic nitrogens is 1. The molecular formula is C21H19Cl2N3O2S. The van der Waals surface area contributed by atoms with Crippen LogP contribution in [0.15, 0.2) is 48.5 Å². The van der Waals surface area contributed by atoms with E-state index in [2.05, 4.69) is 10.3 Å². The third-order valence-corrected chi connectivity index (χ3v) is 5.59. The fourth-order valence-electron chi connectivity index (χ4n) is 2.70. The van der Waals surface area contributed by atoms with Crippen molar-refractivity contribution in [1.29, 1.82) is 0 Å². The molecule has 1 N–H and O–H groups in total. The number of carbonyl (C=O) groups excluding carboxylic acids is 2. The summed E-state index contributed by atoms with van der Waals surface area (Å²) in [6.07, 6.45) is 3.86. The van der Waals surface area contributed by atoms with Crippen LogP contribution in [-0.4, -0.2) is 34.8 Å². The van der Waals surface area contributed by atoms with Gasteiger partial charge in [0.05, 0.1) is 20.9 Å². The van der Waals surface area contributed by atoms with Gasteiger partial charge < -0.3 is 10.2 Å². The van der Waals surface area contributed by atoms with E-state index in [1.807, 2.05) is 31.2 Å². The lowest BCUT2D eigenvalue weighted by atomic mass is 10.3. The van der Waals surface area contributed by atoms with E-state index >= 15 is 0 Å². The lowest BCUT2D eigenvalue weighted by Crippen LogP contribution is -2.37. The molecule has 0 saturated heterocycles. The second kappa shape index (κ2) is 9.87. The highest BCUT2D eigenvalue weighted by Gasteiger charge is 2.16. The number of thiazole rings is 1. The minimum Gasteiger partial charge on any atom is -0.330 e. The molecule has 0 saturated carbocycles. The average molecular weight is 448 g/mol. The smallest absolute Gasteiger partial charge is 0.247 e. The Morgan fingerprint density at radius 3 is 2.76 bits per heavy atom. The number of benzene rings is 2. The number of fused-ring (bicyclic) bond motifs is 1. The molecule has 3 rings (SSSR count). The molecule has 3 aromatic rings. The lowest BCUT2D eigenvalue weighted by Gasteiger charge is -2.20. The standard InChI is InChI=1S/C21H19Cl2N3O2S/c1-2-11-26(13-19(27)24-17-12-14(22)7-8-15(17)23)21(28)10-9-20-25-16-5-3-4-6-18(16)29-20/h3-10,12H,2,11,13H2,1H3,(H,24,27). The van der Waals surface area contributed by atoms with Crippen LogP contribution in [0.25, 0.3) is 16.3 Å². The number of halogens is 2. The number of amides is 2. The van der Waals surface area contributed by atoms with Crippen LogP contribution in [-0.2, 0) is 9.59 Å². The summed E-state index contributed by atoms with van der Waals surface area (Å²) in [5, 5.41) is 4.29. The van der Waals surface area contributed by atoms with Crippen molar-refractivity contribution in [2.75, 3.05) is 18.4 Å². The van der Waals surface area contributed by atoms with Crippen molar-refractivity contribution >= 4 is 68.3 Å². The van der Waals surface area contributed by atoms with Gasteiger partial charge in [-0.2, -0.15) is 0 Å². The van der Waals surface area contributed by atoms with Gasteiger partial charge in [0.2, 0.25) is 11.8 Å². The number of hydrogen-bond donors (Lipinski definition) is 1. The molecule has 0 atom stereocenters. The molecule has 0 spiro atoms. The molecule has 0 fully saturated rings. The fraction of sp³-hybridized carbons (Fsp3) is 0.190. The van der Waals surface area contributed by atoms with E-state index < -0.39 is 0 Å². The number of para-hydroxylation sites is 1. The van der Waals surface area contributed by atoms with E-state index in [1.54, 1.807) is 24.3 Å². The minimum absolute atomic E-state index is 0.0836. The van der Waals surface area contributed by atoms with Gasteiger partial charge >= 0.3 is 0 Å². The Morgan fingerprint density at radius 2 is 2.00 bits per heavy atom. The Kier molecular flexibility index (Phi) is 7.25. The summed E-state index contributed by atoms with van der Waals surface area (Å²) in [6.45, 7) is 2.32. The van der Waals surface area contributed by atoms with Crippen LogP contribution in [0.1, 0.15) is 18.4 Å². The maximum Gasteiger partial charge on any atom is 0.247 e. The van der Waals surface area contributed by atoms with Crippen molar-refractivity contribution in [1.82, 2.24) is 9.88 Å². The number of nitrogens with zero attached hydrogens (tertiary/aromatic N) is 2. The number of nitrogens with one attached hydrogen (secondary N) is 1. The quantitative estimate of drug-likeness (QED) is 0.486. The van der Waals surface area contributed by atoms with Crippen molar-refractivity contribution in [2.24, 2.45) is 0 Å². The van der Waals surface area contributed by atoms with E-state index in [-0.39, 0.29) is 18.4 Å². The second-order valence-corrected chi connectivity index (χ2v) is 8.19. The molecule has 0 aliphatic heterocycles. The van der Waals surface area contributed by atoms with E-state index in [0.717, 1.165) is 21.6 Å². The molecule has 8 heteroatoms. The topological polar surface area (TPSA) is 62.3 Å². The molecule has 150 valence electrons. The second-order valence-electron chi connectivity index (χ2n) is 6.29. The zero-order chi connectivity index (χ0) is 20.8. The van der Waals surface area contributed by atoms with E-state index in [0.29, 0.717) is 22.3 Å². The maximum absolute atomic E-state index is 12.6. The van der Waals surface area contributed by atoms with Gasteiger partial charge in [-0.25, -0.2) is 4.98 Å². The molecule has 1 aromatic heterocycles. The molecule has 2 aromatic carbocycles. The Labute approximate surface area is 182 Å². The third kappa shape index (κ3) is 5.79. The number of anilines is 1. The van der Waals surface area contributed by atoms with Gasteiger partial charge in [-0.3, -0.25) is 9.59 Å². The molecule has 0 aliphatic carbocycles. The van der Waals surface area contributed by atoms with Crippen LogP contribution in [0.4, 0.5) is 5.69 Å². The normalized spacial score (nSPS) is 11.1. The van der Waals surface area contributed by atoms with Gasteiger partial charge in [0.1, 0.15) is 11.6 Å². The molecule has 5 nitrogen and oxygen atoms in total. The molecule has 2 amide bonds. The summed E-state index contributed by atoms with van der Waals surface area (Å²) in [5.41, 5.74) is 1.31. The van der Waals surface area contributed by atoms with Crippen molar-refractivity contribution in [2.45, 2.75) is 13.3 Å². The summed E-state index contributed by atoms with van der Waals surface area (Å²) < 4.78 is 1.06. The highest BCUT2D eigenvalue weighted by Crippen LogP contribution is 2.25. The Hall–Kier alpha value is -2.41. The van der Waals surface area contributed by atoms with E-state index in [4.69, 9.17) is 23.2 Å². The number of rotatable bonds is 7. The molecule has 29 heavy (non-hydrogen) atoms. The molecular weight excluding hydrogens is 429 g/mol. The van der Waals surface area contributed by atoms with Gasteiger partial charge in [0, 0.05) is 17.6 Å². The molecule has 1 heterocycles. The van der Waals surface area contributed by atoms with Gasteiger partial charge in [0.25, 0.3) is 0 Å². The largest absolute Gasteiger partial charge is 0.330 e. The summed E-state index contributed by atoms with van der Waals surface area (Å²) in [4.78, 5) is 31.0. The summed E-state index contributed by atoms with van der Waals surface area (Å²) in [6, 6.07) is 12.6. The molecule has 0 aliphatic rings. The van der Waals surface area contributed by atoms with Crippen LogP contribution >= 0.6 is 34.5 Å². The van der Waals surface area contributed by atoms with Gasteiger partial charge in [-0.05, 0) is 42.8 Å². The SMILES string of the molecule is CCCN(CC(=O)Nc1cc(Cl)ccc1Cl)C(=O)C=Cc1nc2ccccc2s1. The first-order valence-electron chi connectivity index (χ1n) is 9.03.